The molecule has 2 aromatic rings. The molecule has 0 aliphatic carbocycles. The minimum atomic E-state index is -0.900. The summed E-state index contributed by atoms with van der Waals surface area (Å²) in [4.78, 5) is 37.2. The number of benzene rings is 2. The molecule has 0 saturated carbocycles. The molecule has 2 aromatic carbocycles. The van der Waals surface area contributed by atoms with Crippen LogP contribution in [0.15, 0.2) is 42.5 Å². The van der Waals surface area contributed by atoms with Crippen LogP contribution in [0.5, 0.6) is 0 Å². The van der Waals surface area contributed by atoms with Crippen LogP contribution in [0.25, 0.3) is 0 Å². The predicted octanol–water partition coefficient (Wildman–Crippen LogP) is 3.13. The van der Waals surface area contributed by atoms with Gasteiger partial charge in [0.05, 0.1) is 18.4 Å². The van der Waals surface area contributed by atoms with Crippen molar-refractivity contribution in [2.75, 3.05) is 23.9 Å². The molecule has 1 N–H and O–H groups in total. The highest BCUT2D eigenvalue weighted by atomic mass is 19.1. The average molecular weight is 376 g/mol. The first kappa shape index (κ1) is 20.0. The maximum Gasteiger partial charge on any atom is 0.339 e. The lowest BCUT2D eigenvalue weighted by molar-refractivity contribution is -0.117. The standard InChI is InChI=1S/C19H18F2N2O4/c1-12(24)23(16-9-4-3-6-13(16)19(26)27-2)11-10-17(25)22-18-14(20)7-5-8-15(18)21/h3-9H,10-11H2,1-2H3,(H,22,25). The number of halogens is 2. The summed E-state index contributed by atoms with van der Waals surface area (Å²) >= 11 is 0. The van der Waals surface area contributed by atoms with E-state index in [2.05, 4.69) is 5.32 Å². The zero-order chi connectivity index (χ0) is 20.0. The molecule has 0 fully saturated rings. The maximum absolute atomic E-state index is 13.6. The van der Waals surface area contributed by atoms with Crippen LogP contribution in [-0.2, 0) is 14.3 Å². The molecular formula is C19H18F2N2O4. The molecule has 0 heterocycles. The minimum absolute atomic E-state index is 0.0920. The monoisotopic (exact) mass is 376 g/mol. The van der Waals surface area contributed by atoms with Crippen LogP contribution in [0.4, 0.5) is 20.2 Å². The maximum atomic E-state index is 13.6. The van der Waals surface area contributed by atoms with Gasteiger partial charge in [0.25, 0.3) is 0 Å². The minimum Gasteiger partial charge on any atom is -0.465 e. The lowest BCUT2D eigenvalue weighted by Gasteiger charge is -2.23. The number of hydrogen-bond acceptors (Lipinski definition) is 4. The second-order valence-corrected chi connectivity index (χ2v) is 5.57. The van der Waals surface area contributed by atoms with Gasteiger partial charge in [0.2, 0.25) is 11.8 Å². The van der Waals surface area contributed by atoms with Crippen molar-refractivity contribution in [1.29, 1.82) is 0 Å². The van der Waals surface area contributed by atoms with Crippen LogP contribution < -0.4 is 10.2 Å². The van der Waals surface area contributed by atoms with Crippen LogP contribution in [-0.4, -0.2) is 31.4 Å². The molecule has 0 atom stereocenters. The molecule has 0 aromatic heterocycles. The van der Waals surface area contributed by atoms with Crippen molar-refractivity contribution in [1.82, 2.24) is 0 Å². The Morgan fingerprint density at radius 2 is 1.67 bits per heavy atom. The van der Waals surface area contributed by atoms with E-state index in [1.165, 1.54) is 31.1 Å². The van der Waals surface area contributed by atoms with Crippen molar-refractivity contribution >= 4 is 29.2 Å². The number of carbonyl (C=O) groups is 3. The van der Waals surface area contributed by atoms with E-state index in [1.807, 2.05) is 0 Å². The number of methoxy groups -OCH3 is 1. The summed E-state index contributed by atoms with van der Waals surface area (Å²) in [5, 5.41) is 2.15. The number of nitrogens with one attached hydrogen (secondary N) is 1. The number of carbonyl (C=O) groups excluding carboxylic acids is 3. The van der Waals surface area contributed by atoms with E-state index >= 15 is 0 Å². The van der Waals surface area contributed by atoms with Gasteiger partial charge in [0.1, 0.15) is 17.3 Å². The molecular weight excluding hydrogens is 358 g/mol. The molecule has 142 valence electrons. The van der Waals surface area contributed by atoms with Crippen molar-refractivity contribution in [3.8, 4) is 0 Å². The van der Waals surface area contributed by atoms with Crippen molar-refractivity contribution in [2.24, 2.45) is 0 Å². The normalized spacial score (nSPS) is 10.2. The Hall–Kier alpha value is -3.29. The highest BCUT2D eigenvalue weighted by molar-refractivity contribution is 6.02. The molecule has 6 nitrogen and oxygen atoms in total. The highest BCUT2D eigenvalue weighted by Crippen LogP contribution is 2.22. The Labute approximate surface area is 154 Å². The third-order valence-corrected chi connectivity index (χ3v) is 3.77. The van der Waals surface area contributed by atoms with Gasteiger partial charge in [0.15, 0.2) is 0 Å². The van der Waals surface area contributed by atoms with E-state index in [0.717, 1.165) is 12.1 Å². The summed E-state index contributed by atoms with van der Waals surface area (Å²) in [6.45, 7) is 1.19. The van der Waals surface area contributed by atoms with E-state index in [-0.39, 0.29) is 24.2 Å². The van der Waals surface area contributed by atoms with Gasteiger partial charge >= 0.3 is 5.97 Å². The van der Waals surface area contributed by atoms with Gasteiger partial charge in [-0.05, 0) is 24.3 Å². The summed E-state index contributed by atoms with van der Waals surface area (Å²) in [6, 6.07) is 9.50. The molecule has 0 unspecified atom stereocenters. The number of rotatable bonds is 6. The van der Waals surface area contributed by atoms with Crippen LogP contribution >= 0.6 is 0 Å². The van der Waals surface area contributed by atoms with Gasteiger partial charge < -0.3 is 15.0 Å². The lowest BCUT2D eigenvalue weighted by Crippen LogP contribution is -2.33. The van der Waals surface area contributed by atoms with E-state index in [4.69, 9.17) is 4.74 Å². The van der Waals surface area contributed by atoms with Crippen molar-refractivity contribution in [3.63, 3.8) is 0 Å². The van der Waals surface area contributed by atoms with Crippen LogP contribution in [0.2, 0.25) is 0 Å². The molecule has 0 aliphatic heterocycles. The van der Waals surface area contributed by atoms with Gasteiger partial charge in [-0.1, -0.05) is 18.2 Å². The molecule has 0 bridgehead atoms. The molecule has 0 radical (unpaired) electrons. The summed E-state index contributed by atoms with van der Waals surface area (Å²) in [5.41, 5.74) is -0.107. The number of amides is 2. The third kappa shape index (κ3) is 4.87. The second-order valence-electron chi connectivity index (χ2n) is 5.57. The summed E-state index contributed by atoms with van der Waals surface area (Å²) in [6.07, 6.45) is -0.233. The summed E-state index contributed by atoms with van der Waals surface area (Å²) < 4.78 is 31.9. The Morgan fingerprint density at radius 1 is 1.04 bits per heavy atom. The molecule has 0 aliphatic rings. The molecule has 27 heavy (non-hydrogen) atoms. The molecule has 0 spiro atoms. The third-order valence-electron chi connectivity index (χ3n) is 3.77. The molecule has 8 heteroatoms. The molecule has 2 rings (SSSR count). The SMILES string of the molecule is COC(=O)c1ccccc1N(CCC(=O)Nc1c(F)cccc1F)C(C)=O. The Balaban J connectivity index is 2.15. The quantitative estimate of drug-likeness (QED) is 0.786. The van der Waals surface area contributed by atoms with Gasteiger partial charge in [-0.2, -0.15) is 0 Å². The molecule has 2 amide bonds. The van der Waals surface area contributed by atoms with Gasteiger partial charge in [-0.15, -0.1) is 0 Å². The van der Waals surface area contributed by atoms with Crippen LogP contribution in [0, 0.1) is 11.6 Å². The number of nitrogens with zero attached hydrogens (tertiary/aromatic N) is 1. The van der Waals surface area contributed by atoms with E-state index in [9.17, 15) is 23.2 Å². The first-order valence-electron chi connectivity index (χ1n) is 8.04. The van der Waals surface area contributed by atoms with Crippen molar-refractivity contribution < 1.29 is 27.9 Å². The fourth-order valence-electron chi connectivity index (χ4n) is 2.47. The van der Waals surface area contributed by atoms with E-state index < -0.39 is 35.1 Å². The number of esters is 1. The Bertz CT molecular complexity index is 850. The predicted molar refractivity (Wildman–Crippen MR) is 95.4 cm³/mol. The number of hydrogen-bond donors (Lipinski definition) is 1. The fraction of sp³-hybridized carbons (Fsp3) is 0.211. The zero-order valence-electron chi connectivity index (χ0n) is 14.8. The number of para-hydroxylation sites is 2. The number of ether oxygens (including phenoxy) is 1. The fourth-order valence-corrected chi connectivity index (χ4v) is 2.47. The average Bonchev–Trinajstić information content (AvgIpc) is 2.64. The zero-order valence-corrected chi connectivity index (χ0v) is 14.8. The topological polar surface area (TPSA) is 75.7 Å². The lowest BCUT2D eigenvalue weighted by atomic mass is 10.1. The van der Waals surface area contributed by atoms with Crippen molar-refractivity contribution in [2.45, 2.75) is 13.3 Å². The number of anilines is 2. The van der Waals surface area contributed by atoms with Gasteiger partial charge in [0, 0.05) is 19.9 Å². The van der Waals surface area contributed by atoms with Crippen LogP contribution in [0.1, 0.15) is 23.7 Å². The summed E-state index contributed by atoms with van der Waals surface area (Å²) in [5.74, 6) is -3.52. The Morgan fingerprint density at radius 3 is 2.26 bits per heavy atom. The van der Waals surface area contributed by atoms with Gasteiger partial charge in [-0.25, -0.2) is 13.6 Å². The van der Waals surface area contributed by atoms with E-state index in [0.29, 0.717) is 0 Å². The van der Waals surface area contributed by atoms with Gasteiger partial charge in [-0.3, -0.25) is 9.59 Å². The smallest absolute Gasteiger partial charge is 0.339 e. The highest BCUT2D eigenvalue weighted by Gasteiger charge is 2.21. The molecule has 0 saturated heterocycles. The first-order chi connectivity index (χ1) is 12.8. The van der Waals surface area contributed by atoms with E-state index in [1.54, 1.807) is 18.2 Å². The Kier molecular flexibility index (Phi) is 6.59. The summed E-state index contributed by atoms with van der Waals surface area (Å²) in [7, 11) is 1.22. The van der Waals surface area contributed by atoms with Crippen molar-refractivity contribution in [3.05, 3.63) is 59.7 Å². The van der Waals surface area contributed by atoms with Crippen LogP contribution in [0.3, 0.4) is 0 Å². The first-order valence-corrected chi connectivity index (χ1v) is 8.04. The largest absolute Gasteiger partial charge is 0.465 e. The second kappa shape index (κ2) is 8.88.